The molecule has 27 heavy (non-hydrogen) atoms. The van der Waals surface area contributed by atoms with Crippen LogP contribution in [0.3, 0.4) is 0 Å². The van der Waals surface area contributed by atoms with Gasteiger partial charge in [-0.15, -0.1) is 0 Å². The number of fused-ring (bicyclic) bond motifs is 2. The van der Waals surface area contributed by atoms with Crippen molar-refractivity contribution in [3.63, 3.8) is 0 Å². The average molecular weight is 369 g/mol. The molecule has 0 saturated heterocycles. The van der Waals surface area contributed by atoms with E-state index in [4.69, 9.17) is 4.74 Å². The van der Waals surface area contributed by atoms with Gasteiger partial charge in [0.15, 0.2) is 5.78 Å². The highest BCUT2D eigenvalue weighted by atomic mass is 16.5. The molecule has 0 radical (unpaired) electrons. The molecule has 0 aromatic heterocycles. The van der Waals surface area contributed by atoms with E-state index in [1.807, 2.05) is 18.2 Å². The number of Topliss-reactive ketones (excluding diaryl/α,β-unsaturated/α-hetero) is 1. The maximum absolute atomic E-state index is 13.2. The molecule has 0 heterocycles. The van der Waals surface area contributed by atoms with Crippen LogP contribution in [0.15, 0.2) is 42.0 Å². The summed E-state index contributed by atoms with van der Waals surface area (Å²) < 4.78 is 5.92. The third kappa shape index (κ3) is 3.15. The molecule has 0 spiro atoms. The van der Waals surface area contributed by atoms with E-state index in [-0.39, 0.29) is 29.2 Å². The third-order valence-corrected chi connectivity index (χ3v) is 7.20. The van der Waals surface area contributed by atoms with Crippen LogP contribution in [0.5, 0.6) is 0 Å². The number of hydrogen-bond donors (Lipinski definition) is 0. The predicted octanol–water partition coefficient (Wildman–Crippen LogP) is 5.24. The van der Waals surface area contributed by atoms with E-state index in [9.17, 15) is 9.59 Å². The second kappa shape index (κ2) is 6.92. The third-order valence-electron chi connectivity index (χ3n) is 7.20. The summed E-state index contributed by atoms with van der Waals surface area (Å²) in [5, 5.41) is 0. The minimum absolute atomic E-state index is 0.0828. The molecular formula is C24H32O3. The lowest BCUT2D eigenvalue weighted by atomic mass is 9.69. The van der Waals surface area contributed by atoms with Crippen LogP contribution in [0.2, 0.25) is 0 Å². The molecule has 2 aliphatic carbocycles. The number of benzene rings is 1. The lowest BCUT2D eigenvalue weighted by Crippen LogP contribution is -2.46. The van der Waals surface area contributed by atoms with Crippen molar-refractivity contribution in [2.45, 2.75) is 65.7 Å². The Morgan fingerprint density at radius 1 is 1.26 bits per heavy atom. The van der Waals surface area contributed by atoms with Crippen LogP contribution in [0.25, 0.3) is 0 Å². The van der Waals surface area contributed by atoms with Crippen molar-refractivity contribution >= 4 is 11.8 Å². The largest absolute Gasteiger partial charge is 0.464 e. The first-order chi connectivity index (χ1) is 12.6. The molecule has 2 fully saturated rings. The van der Waals surface area contributed by atoms with Crippen LogP contribution in [0.1, 0.15) is 65.9 Å². The Morgan fingerprint density at radius 3 is 2.44 bits per heavy atom. The van der Waals surface area contributed by atoms with Crippen molar-refractivity contribution in [3.8, 4) is 0 Å². The predicted molar refractivity (Wildman–Crippen MR) is 107 cm³/mol. The summed E-state index contributed by atoms with van der Waals surface area (Å²) in [6, 6.07) is 10.2. The minimum Gasteiger partial charge on any atom is -0.464 e. The molecule has 2 bridgehead atoms. The summed E-state index contributed by atoms with van der Waals surface area (Å²) in [4.78, 5) is 25.9. The van der Waals surface area contributed by atoms with Crippen LogP contribution in [-0.4, -0.2) is 18.4 Å². The molecule has 0 amide bonds. The van der Waals surface area contributed by atoms with Gasteiger partial charge in [-0.05, 0) is 50.0 Å². The molecule has 146 valence electrons. The molecule has 3 nitrogen and oxygen atoms in total. The summed E-state index contributed by atoms with van der Waals surface area (Å²) in [5.74, 6) is 0.0834. The van der Waals surface area contributed by atoms with Crippen molar-refractivity contribution in [1.29, 1.82) is 0 Å². The highest BCUT2D eigenvalue weighted by Gasteiger charge is 2.69. The standard InChI is InChI=1S/C24H32O3/c1-17(2)11-13-23(5,18-9-7-6-8-10-18)16-27-21(26)24-14-12-19(15-20(24)25)22(24,3)4/h6-11,19H,12-16H2,1-5H3/t19-,23-,24+/m0/s1. The average Bonchev–Trinajstić information content (AvgIpc) is 3.01. The number of ether oxygens (including phenoxy) is 1. The lowest BCUT2D eigenvalue weighted by Gasteiger charge is -2.36. The lowest BCUT2D eigenvalue weighted by molar-refractivity contribution is -0.166. The zero-order chi connectivity index (χ0) is 19.9. The molecule has 0 unspecified atom stereocenters. The van der Waals surface area contributed by atoms with Gasteiger partial charge >= 0.3 is 5.97 Å². The topological polar surface area (TPSA) is 43.4 Å². The van der Waals surface area contributed by atoms with Crippen molar-refractivity contribution in [1.82, 2.24) is 0 Å². The maximum Gasteiger partial charge on any atom is 0.320 e. The van der Waals surface area contributed by atoms with Gasteiger partial charge in [-0.3, -0.25) is 9.59 Å². The van der Waals surface area contributed by atoms with Crippen molar-refractivity contribution < 1.29 is 14.3 Å². The molecular weight excluding hydrogens is 336 g/mol. The Hall–Kier alpha value is -1.90. The van der Waals surface area contributed by atoms with E-state index >= 15 is 0 Å². The van der Waals surface area contributed by atoms with Crippen LogP contribution in [0, 0.1) is 16.7 Å². The second-order valence-electron chi connectivity index (χ2n) is 9.48. The number of ketones is 1. The summed E-state index contributed by atoms with van der Waals surface area (Å²) in [5.41, 5.74) is 0.840. The van der Waals surface area contributed by atoms with Gasteiger partial charge in [-0.2, -0.15) is 0 Å². The number of carbonyl (C=O) groups is 2. The van der Waals surface area contributed by atoms with Gasteiger partial charge in [0, 0.05) is 11.8 Å². The number of allylic oxidation sites excluding steroid dienone is 2. The molecule has 3 rings (SSSR count). The monoisotopic (exact) mass is 368 g/mol. The fraction of sp³-hybridized carbons (Fsp3) is 0.583. The highest BCUT2D eigenvalue weighted by molar-refractivity contribution is 6.07. The van der Waals surface area contributed by atoms with Gasteiger partial charge in [0.05, 0.1) is 0 Å². The smallest absolute Gasteiger partial charge is 0.320 e. The fourth-order valence-electron chi connectivity index (χ4n) is 5.03. The van der Waals surface area contributed by atoms with Gasteiger partial charge in [0.25, 0.3) is 0 Å². The summed E-state index contributed by atoms with van der Waals surface area (Å²) >= 11 is 0. The van der Waals surface area contributed by atoms with Gasteiger partial charge in [-0.1, -0.05) is 62.8 Å². The Morgan fingerprint density at radius 2 is 1.93 bits per heavy atom. The number of rotatable bonds is 6. The van der Waals surface area contributed by atoms with Gasteiger partial charge in [-0.25, -0.2) is 0 Å². The number of hydrogen-bond acceptors (Lipinski definition) is 3. The molecule has 0 N–H and O–H groups in total. The molecule has 0 aliphatic heterocycles. The first-order valence-electron chi connectivity index (χ1n) is 10.0. The zero-order valence-corrected chi connectivity index (χ0v) is 17.3. The quantitative estimate of drug-likeness (QED) is 0.392. The van der Waals surface area contributed by atoms with Crippen molar-refractivity contribution in [2.75, 3.05) is 6.61 Å². The normalized spacial score (nSPS) is 27.9. The summed E-state index contributed by atoms with van der Waals surface area (Å²) in [6.07, 6.45) is 5.09. The molecule has 1 aromatic carbocycles. The first-order valence-corrected chi connectivity index (χ1v) is 10.0. The maximum atomic E-state index is 13.2. The summed E-state index contributed by atoms with van der Waals surface area (Å²) in [6.45, 7) is 10.7. The zero-order valence-electron chi connectivity index (χ0n) is 17.3. The van der Waals surface area contributed by atoms with E-state index in [1.54, 1.807) is 0 Å². The van der Waals surface area contributed by atoms with Crippen LogP contribution < -0.4 is 0 Å². The fourth-order valence-corrected chi connectivity index (χ4v) is 5.03. The number of carbonyl (C=O) groups excluding carboxylic acids is 2. The summed E-state index contributed by atoms with van der Waals surface area (Å²) in [7, 11) is 0. The molecule has 3 atom stereocenters. The van der Waals surface area contributed by atoms with E-state index < -0.39 is 5.41 Å². The highest BCUT2D eigenvalue weighted by Crippen LogP contribution is 2.64. The molecule has 3 heteroatoms. The van der Waals surface area contributed by atoms with E-state index in [2.05, 4.69) is 52.8 Å². The van der Waals surface area contributed by atoms with Crippen LogP contribution in [-0.2, 0) is 19.7 Å². The van der Waals surface area contributed by atoms with E-state index in [0.29, 0.717) is 18.8 Å². The van der Waals surface area contributed by atoms with Crippen LogP contribution >= 0.6 is 0 Å². The van der Waals surface area contributed by atoms with Gasteiger partial charge < -0.3 is 4.74 Å². The van der Waals surface area contributed by atoms with Gasteiger partial charge in [0.1, 0.15) is 12.0 Å². The Labute approximate surface area is 163 Å². The Bertz CT molecular complexity index is 757. The van der Waals surface area contributed by atoms with Crippen LogP contribution in [0.4, 0.5) is 0 Å². The van der Waals surface area contributed by atoms with E-state index in [1.165, 1.54) is 5.57 Å². The van der Waals surface area contributed by atoms with E-state index in [0.717, 1.165) is 18.4 Å². The SMILES string of the molecule is CC(C)=CC[C@@](C)(COC(=O)[C@@]12CC[C@@H](CC1=O)C2(C)C)c1ccccc1. The molecule has 2 saturated carbocycles. The molecule has 2 aliphatic rings. The second-order valence-corrected chi connectivity index (χ2v) is 9.48. The van der Waals surface area contributed by atoms with Gasteiger partial charge in [0.2, 0.25) is 0 Å². The van der Waals surface area contributed by atoms with Crippen molar-refractivity contribution in [3.05, 3.63) is 47.5 Å². The van der Waals surface area contributed by atoms with Crippen molar-refractivity contribution in [2.24, 2.45) is 16.7 Å². The molecule has 1 aromatic rings. The number of esters is 1. The Kier molecular flexibility index (Phi) is 5.09. The Balaban J connectivity index is 1.83. The first kappa shape index (κ1) is 19.9. The minimum atomic E-state index is -0.939.